The Kier molecular flexibility index (Phi) is 7.71. The van der Waals surface area contributed by atoms with E-state index in [0.717, 1.165) is 55.3 Å². The van der Waals surface area contributed by atoms with Gasteiger partial charge >= 0.3 is 6.03 Å². The Bertz CT molecular complexity index is 767. The highest BCUT2D eigenvalue weighted by Crippen LogP contribution is 2.13. The van der Waals surface area contributed by atoms with E-state index in [4.69, 9.17) is 16.3 Å². The van der Waals surface area contributed by atoms with Crippen molar-refractivity contribution in [1.29, 1.82) is 0 Å². The average molecular weight is 402 g/mol. The van der Waals surface area contributed by atoms with Gasteiger partial charge in [0.1, 0.15) is 0 Å². The van der Waals surface area contributed by atoms with Crippen LogP contribution in [0.4, 0.5) is 4.79 Å². The highest BCUT2D eigenvalue weighted by molar-refractivity contribution is 6.30. The lowest BCUT2D eigenvalue weighted by atomic mass is 10.1. The van der Waals surface area contributed by atoms with Crippen molar-refractivity contribution in [3.05, 3.63) is 70.2 Å². The molecule has 5 nitrogen and oxygen atoms in total. The zero-order valence-corrected chi connectivity index (χ0v) is 17.1. The second-order valence-corrected chi connectivity index (χ2v) is 7.59. The first kappa shape index (κ1) is 20.6. The molecule has 0 aromatic heterocycles. The molecule has 0 spiro atoms. The van der Waals surface area contributed by atoms with E-state index >= 15 is 0 Å². The molecule has 1 aliphatic heterocycles. The summed E-state index contributed by atoms with van der Waals surface area (Å²) in [6, 6.07) is 16.1. The van der Waals surface area contributed by atoms with Gasteiger partial charge in [-0.1, -0.05) is 48.0 Å². The van der Waals surface area contributed by atoms with Crippen molar-refractivity contribution in [3.8, 4) is 0 Å². The van der Waals surface area contributed by atoms with Crippen molar-refractivity contribution in [2.24, 2.45) is 0 Å². The highest BCUT2D eigenvalue weighted by Gasteiger charge is 2.19. The lowest BCUT2D eigenvalue weighted by Crippen LogP contribution is -2.41. The predicted molar refractivity (Wildman–Crippen MR) is 112 cm³/mol. The first-order valence-corrected chi connectivity index (χ1v) is 10.1. The number of carbonyl (C=O) groups is 1. The van der Waals surface area contributed by atoms with Gasteiger partial charge in [0.15, 0.2) is 0 Å². The van der Waals surface area contributed by atoms with Gasteiger partial charge in [0.25, 0.3) is 0 Å². The van der Waals surface area contributed by atoms with Crippen LogP contribution in [-0.2, 0) is 24.4 Å². The van der Waals surface area contributed by atoms with Crippen LogP contribution in [0.25, 0.3) is 0 Å². The monoisotopic (exact) mass is 401 g/mol. The molecule has 1 heterocycles. The fraction of sp³-hybridized carbons (Fsp3) is 0.409. The summed E-state index contributed by atoms with van der Waals surface area (Å²) < 4.78 is 5.17. The van der Waals surface area contributed by atoms with Gasteiger partial charge in [0, 0.05) is 51.4 Å². The zero-order valence-electron chi connectivity index (χ0n) is 16.4. The minimum atomic E-state index is 0.00508. The molecule has 2 aromatic carbocycles. The largest absolute Gasteiger partial charge is 0.380 e. The number of amides is 2. The van der Waals surface area contributed by atoms with Gasteiger partial charge in [0.05, 0.1) is 6.61 Å². The molecule has 0 unspecified atom stereocenters. The first-order chi connectivity index (χ1) is 13.6. The normalized spacial score (nSPS) is 15.3. The molecule has 3 rings (SSSR count). The second kappa shape index (κ2) is 10.5. The number of urea groups is 1. The van der Waals surface area contributed by atoms with Crippen LogP contribution in [0.1, 0.15) is 23.1 Å². The standard InChI is InChI=1S/C22H28ClN3O2/c1-28-17-20-5-2-4-19(14-20)15-24-22(27)26-11-3-10-25(12-13-26)16-18-6-8-21(23)9-7-18/h2,4-9,14H,3,10-13,15-17H2,1H3,(H,24,27). The molecular weight excluding hydrogens is 374 g/mol. The maximum Gasteiger partial charge on any atom is 0.317 e. The number of nitrogens with zero attached hydrogens (tertiary/aromatic N) is 2. The van der Waals surface area contributed by atoms with Crippen molar-refractivity contribution in [2.75, 3.05) is 33.3 Å². The zero-order chi connectivity index (χ0) is 19.8. The van der Waals surface area contributed by atoms with Crippen LogP contribution in [-0.4, -0.2) is 49.1 Å². The Morgan fingerprint density at radius 2 is 1.82 bits per heavy atom. The molecule has 28 heavy (non-hydrogen) atoms. The number of ether oxygens (including phenoxy) is 1. The average Bonchev–Trinajstić information content (AvgIpc) is 2.94. The van der Waals surface area contributed by atoms with Crippen LogP contribution < -0.4 is 5.32 Å². The topological polar surface area (TPSA) is 44.8 Å². The molecule has 2 aromatic rings. The molecule has 1 saturated heterocycles. The number of benzene rings is 2. The maximum atomic E-state index is 12.6. The molecule has 0 atom stereocenters. The van der Waals surface area contributed by atoms with Crippen LogP contribution in [0.5, 0.6) is 0 Å². The van der Waals surface area contributed by atoms with E-state index in [1.165, 1.54) is 5.56 Å². The SMILES string of the molecule is COCc1cccc(CNC(=O)N2CCCN(Cc3ccc(Cl)cc3)CC2)c1. The van der Waals surface area contributed by atoms with E-state index in [1.807, 2.05) is 35.2 Å². The van der Waals surface area contributed by atoms with Crippen molar-refractivity contribution in [2.45, 2.75) is 26.1 Å². The maximum absolute atomic E-state index is 12.6. The number of hydrogen-bond donors (Lipinski definition) is 1. The van der Waals surface area contributed by atoms with Gasteiger partial charge in [0.2, 0.25) is 0 Å². The van der Waals surface area contributed by atoms with E-state index in [1.54, 1.807) is 7.11 Å². The van der Waals surface area contributed by atoms with Crippen molar-refractivity contribution < 1.29 is 9.53 Å². The smallest absolute Gasteiger partial charge is 0.317 e. The van der Waals surface area contributed by atoms with Gasteiger partial charge in [-0.25, -0.2) is 4.79 Å². The summed E-state index contributed by atoms with van der Waals surface area (Å²) in [5.41, 5.74) is 3.45. The number of carbonyl (C=O) groups excluding carboxylic acids is 1. The van der Waals surface area contributed by atoms with E-state index in [2.05, 4.69) is 28.4 Å². The molecule has 1 N–H and O–H groups in total. The quantitative estimate of drug-likeness (QED) is 0.798. The van der Waals surface area contributed by atoms with E-state index < -0.39 is 0 Å². The number of halogens is 1. The summed E-state index contributed by atoms with van der Waals surface area (Å²) >= 11 is 5.96. The molecule has 0 radical (unpaired) electrons. The van der Waals surface area contributed by atoms with Crippen molar-refractivity contribution in [1.82, 2.24) is 15.1 Å². The molecular formula is C22H28ClN3O2. The summed E-state index contributed by atoms with van der Waals surface area (Å²) in [6.45, 7) is 5.39. The van der Waals surface area contributed by atoms with E-state index in [0.29, 0.717) is 13.2 Å². The minimum absolute atomic E-state index is 0.00508. The highest BCUT2D eigenvalue weighted by atomic mass is 35.5. The van der Waals surface area contributed by atoms with Gasteiger partial charge in [-0.15, -0.1) is 0 Å². The molecule has 0 aliphatic carbocycles. The third-order valence-corrected chi connectivity index (χ3v) is 5.19. The molecule has 0 bridgehead atoms. The van der Waals surface area contributed by atoms with Crippen molar-refractivity contribution >= 4 is 17.6 Å². The summed E-state index contributed by atoms with van der Waals surface area (Å²) in [5.74, 6) is 0. The lowest BCUT2D eigenvalue weighted by Gasteiger charge is -2.22. The third kappa shape index (κ3) is 6.23. The van der Waals surface area contributed by atoms with Crippen LogP contribution in [0, 0.1) is 0 Å². The summed E-state index contributed by atoms with van der Waals surface area (Å²) in [7, 11) is 1.68. The Labute approximate surface area is 172 Å². The molecule has 6 heteroatoms. The summed E-state index contributed by atoms with van der Waals surface area (Å²) in [6.07, 6.45) is 0.977. The molecule has 150 valence electrons. The second-order valence-electron chi connectivity index (χ2n) is 7.15. The Morgan fingerprint density at radius 1 is 1.04 bits per heavy atom. The van der Waals surface area contributed by atoms with Crippen LogP contribution in [0.2, 0.25) is 5.02 Å². The fourth-order valence-corrected chi connectivity index (χ4v) is 3.59. The Balaban J connectivity index is 1.47. The van der Waals surface area contributed by atoms with Crippen LogP contribution in [0.3, 0.4) is 0 Å². The number of nitrogens with one attached hydrogen (secondary N) is 1. The molecule has 1 aliphatic rings. The van der Waals surface area contributed by atoms with Crippen LogP contribution >= 0.6 is 11.6 Å². The van der Waals surface area contributed by atoms with Gasteiger partial charge < -0.3 is 15.0 Å². The van der Waals surface area contributed by atoms with Gasteiger partial charge in [-0.05, 0) is 35.2 Å². The van der Waals surface area contributed by atoms with Gasteiger partial charge in [-0.3, -0.25) is 4.90 Å². The Hall–Kier alpha value is -2.08. The molecule has 2 amide bonds. The number of methoxy groups -OCH3 is 1. The fourth-order valence-electron chi connectivity index (χ4n) is 3.47. The van der Waals surface area contributed by atoms with Crippen molar-refractivity contribution in [3.63, 3.8) is 0 Å². The van der Waals surface area contributed by atoms with Gasteiger partial charge in [-0.2, -0.15) is 0 Å². The third-order valence-electron chi connectivity index (χ3n) is 4.94. The predicted octanol–water partition coefficient (Wildman–Crippen LogP) is 3.90. The first-order valence-electron chi connectivity index (χ1n) is 9.70. The number of hydrogen-bond acceptors (Lipinski definition) is 3. The van der Waals surface area contributed by atoms with Crippen LogP contribution in [0.15, 0.2) is 48.5 Å². The molecule has 0 saturated carbocycles. The molecule has 1 fully saturated rings. The lowest BCUT2D eigenvalue weighted by molar-refractivity contribution is 0.185. The minimum Gasteiger partial charge on any atom is -0.380 e. The summed E-state index contributed by atoms with van der Waals surface area (Å²) in [4.78, 5) is 16.9. The summed E-state index contributed by atoms with van der Waals surface area (Å²) in [5, 5.41) is 3.81. The Morgan fingerprint density at radius 3 is 2.61 bits per heavy atom. The van der Waals surface area contributed by atoms with E-state index in [9.17, 15) is 4.79 Å². The van der Waals surface area contributed by atoms with E-state index in [-0.39, 0.29) is 6.03 Å². The number of rotatable bonds is 6.